The smallest absolute Gasteiger partial charge is 0.283 e. The third-order valence-corrected chi connectivity index (χ3v) is 4.83. The summed E-state index contributed by atoms with van der Waals surface area (Å²) in [7, 11) is -3.88. The van der Waals surface area contributed by atoms with Gasteiger partial charge in [0.1, 0.15) is 12.2 Å². The number of sulfone groups is 1. The summed E-state index contributed by atoms with van der Waals surface area (Å²) in [6, 6.07) is 7.48. The summed E-state index contributed by atoms with van der Waals surface area (Å²) in [5.74, 6) is 0. The van der Waals surface area contributed by atoms with Crippen molar-refractivity contribution < 1.29 is 21.6 Å². The van der Waals surface area contributed by atoms with Crippen molar-refractivity contribution in [2.45, 2.75) is 17.9 Å². The highest BCUT2D eigenvalue weighted by atomic mass is 35.5. The van der Waals surface area contributed by atoms with Crippen LogP contribution in [0.5, 0.6) is 0 Å². The maximum Gasteiger partial charge on any atom is 0.406 e. The Balaban J connectivity index is 2.41. The van der Waals surface area contributed by atoms with Gasteiger partial charge in [0.25, 0.3) is 5.56 Å². The van der Waals surface area contributed by atoms with Crippen molar-refractivity contribution in [3.05, 3.63) is 51.9 Å². The standard InChI is InChI=1S/C16H11ClF3N3O3S/c1-27(25,26)15-21-7-9-6-11(10-4-2-3-5-12(10)17)14(24)23(13(9)22-15)8-16(18,19)20/h2-7H,8H2,1H3. The first-order valence-electron chi connectivity index (χ1n) is 7.40. The van der Waals surface area contributed by atoms with Gasteiger partial charge in [-0.15, -0.1) is 0 Å². The van der Waals surface area contributed by atoms with E-state index in [2.05, 4.69) is 9.97 Å². The first kappa shape index (κ1) is 19.3. The molecular weight excluding hydrogens is 407 g/mol. The van der Waals surface area contributed by atoms with Gasteiger partial charge in [0.2, 0.25) is 15.0 Å². The van der Waals surface area contributed by atoms with Gasteiger partial charge >= 0.3 is 6.18 Å². The monoisotopic (exact) mass is 417 g/mol. The molecule has 3 rings (SSSR count). The minimum atomic E-state index is -4.73. The number of aromatic nitrogens is 3. The van der Waals surface area contributed by atoms with E-state index in [0.29, 0.717) is 4.57 Å². The molecule has 0 fully saturated rings. The zero-order chi connectivity index (χ0) is 20.0. The second-order valence-corrected chi connectivity index (χ2v) is 8.06. The molecule has 6 nitrogen and oxygen atoms in total. The number of hydrogen-bond acceptors (Lipinski definition) is 5. The molecule has 0 aliphatic heterocycles. The normalized spacial score (nSPS) is 12.5. The fourth-order valence-corrected chi connectivity index (χ4v) is 3.25. The van der Waals surface area contributed by atoms with Crippen LogP contribution >= 0.6 is 11.6 Å². The minimum Gasteiger partial charge on any atom is -0.283 e. The Morgan fingerprint density at radius 3 is 2.44 bits per heavy atom. The lowest BCUT2D eigenvalue weighted by Gasteiger charge is -2.15. The summed E-state index contributed by atoms with van der Waals surface area (Å²) < 4.78 is 62.8. The average Bonchev–Trinajstić information content (AvgIpc) is 2.55. The number of halogens is 4. The number of nitrogens with zero attached hydrogens (tertiary/aromatic N) is 3. The lowest BCUT2D eigenvalue weighted by Crippen LogP contribution is -2.30. The van der Waals surface area contributed by atoms with Gasteiger partial charge in [-0.3, -0.25) is 9.36 Å². The van der Waals surface area contributed by atoms with Gasteiger partial charge in [-0.25, -0.2) is 13.4 Å². The molecule has 0 aliphatic carbocycles. The SMILES string of the molecule is CS(=O)(=O)c1ncc2cc(-c3ccccc3Cl)c(=O)n(CC(F)(F)F)c2n1. The van der Waals surface area contributed by atoms with Gasteiger partial charge in [0, 0.05) is 34.0 Å². The summed E-state index contributed by atoms with van der Waals surface area (Å²) in [4.78, 5) is 20.1. The van der Waals surface area contributed by atoms with E-state index in [4.69, 9.17) is 11.6 Å². The third kappa shape index (κ3) is 3.96. The van der Waals surface area contributed by atoms with E-state index < -0.39 is 38.9 Å². The van der Waals surface area contributed by atoms with Crippen LogP contribution in [0.1, 0.15) is 0 Å². The van der Waals surface area contributed by atoms with E-state index in [9.17, 15) is 26.4 Å². The second kappa shape index (κ2) is 6.61. The Labute approximate surface area is 156 Å². The number of alkyl halides is 3. The van der Waals surface area contributed by atoms with Crippen LogP contribution in [0, 0.1) is 0 Å². The summed E-state index contributed by atoms with van der Waals surface area (Å²) in [6.07, 6.45) is -2.85. The van der Waals surface area contributed by atoms with Gasteiger partial charge in [-0.2, -0.15) is 18.2 Å². The van der Waals surface area contributed by atoms with Gasteiger partial charge in [-0.1, -0.05) is 29.8 Å². The van der Waals surface area contributed by atoms with E-state index in [-0.39, 0.29) is 21.5 Å². The highest BCUT2D eigenvalue weighted by Crippen LogP contribution is 2.28. The summed E-state index contributed by atoms with van der Waals surface area (Å²) in [5.41, 5.74) is -1.25. The molecule has 0 amide bonds. The fourth-order valence-electron chi connectivity index (χ4n) is 2.52. The topological polar surface area (TPSA) is 81.9 Å². The highest BCUT2D eigenvalue weighted by molar-refractivity contribution is 7.90. The predicted molar refractivity (Wildman–Crippen MR) is 93.4 cm³/mol. The van der Waals surface area contributed by atoms with Crippen LogP contribution < -0.4 is 5.56 Å². The van der Waals surface area contributed by atoms with Crippen LogP contribution in [-0.4, -0.2) is 35.4 Å². The third-order valence-electron chi connectivity index (χ3n) is 3.64. The zero-order valence-corrected chi connectivity index (χ0v) is 15.2. The molecule has 0 unspecified atom stereocenters. The molecule has 0 spiro atoms. The minimum absolute atomic E-state index is 0.0705. The number of pyridine rings is 1. The molecule has 0 saturated heterocycles. The lowest BCUT2D eigenvalue weighted by molar-refractivity contribution is -0.140. The Morgan fingerprint density at radius 2 is 1.85 bits per heavy atom. The van der Waals surface area contributed by atoms with Crippen molar-refractivity contribution in [3.63, 3.8) is 0 Å². The van der Waals surface area contributed by atoms with Crippen LogP contribution in [0.3, 0.4) is 0 Å². The Hall–Kier alpha value is -2.46. The molecule has 2 heterocycles. The molecule has 3 aromatic rings. The van der Waals surface area contributed by atoms with Gasteiger partial charge in [-0.05, 0) is 12.1 Å². The summed E-state index contributed by atoms with van der Waals surface area (Å²) >= 11 is 6.07. The van der Waals surface area contributed by atoms with Crippen LogP contribution in [0.25, 0.3) is 22.2 Å². The molecular formula is C16H11ClF3N3O3S. The van der Waals surface area contributed by atoms with Gasteiger partial charge < -0.3 is 0 Å². The Kier molecular flexibility index (Phi) is 4.73. The van der Waals surface area contributed by atoms with E-state index in [1.54, 1.807) is 12.1 Å². The number of rotatable bonds is 3. The van der Waals surface area contributed by atoms with E-state index in [1.807, 2.05) is 0 Å². The summed E-state index contributed by atoms with van der Waals surface area (Å²) in [5, 5.41) is -0.418. The number of benzene rings is 1. The molecule has 142 valence electrons. The van der Waals surface area contributed by atoms with E-state index in [0.717, 1.165) is 12.5 Å². The first-order chi connectivity index (χ1) is 12.5. The van der Waals surface area contributed by atoms with Gasteiger partial charge in [0.05, 0.1) is 0 Å². The number of fused-ring (bicyclic) bond motifs is 1. The Bertz CT molecular complexity index is 1210. The second-order valence-electron chi connectivity index (χ2n) is 5.75. The first-order valence-corrected chi connectivity index (χ1v) is 9.66. The van der Waals surface area contributed by atoms with E-state index in [1.165, 1.54) is 18.2 Å². The lowest BCUT2D eigenvalue weighted by atomic mass is 10.1. The maximum absolute atomic E-state index is 13.0. The molecule has 0 bridgehead atoms. The average molecular weight is 418 g/mol. The molecule has 0 atom stereocenters. The molecule has 11 heteroatoms. The quantitative estimate of drug-likeness (QED) is 0.612. The van der Waals surface area contributed by atoms with Crippen molar-refractivity contribution in [3.8, 4) is 11.1 Å². The highest BCUT2D eigenvalue weighted by Gasteiger charge is 2.31. The molecule has 1 aromatic carbocycles. The zero-order valence-electron chi connectivity index (χ0n) is 13.7. The van der Waals surface area contributed by atoms with Crippen molar-refractivity contribution in [2.24, 2.45) is 0 Å². The van der Waals surface area contributed by atoms with Crippen LogP contribution in [0.2, 0.25) is 5.02 Å². The Morgan fingerprint density at radius 1 is 1.19 bits per heavy atom. The van der Waals surface area contributed by atoms with Gasteiger partial charge in [0.15, 0.2) is 0 Å². The van der Waals surface area contributed by atoms with Crippen molar-refractivity contribution in [1.82, 2.24) is 14.5 Å². The molecule has 0 saturated carbocycles. The fraction of sp³-hybridized carbons (Fsp3) is 0.188. The largest absolute Gasteiger partial charge is 0.406 e. The molecule has 0 aliphatic rings. The van der Waals surface area contributed by atoms with Crippen LogP contribution in [0.15, 0.2) is 46.5 Å². The predicted octanol–water partition coefficient (Wildman–Crippen LogP) is 3.08. The van der Waals surface area contributed by atoms with Crippen molar-refractivity contribution >= 4 is 32.5 Å². The van der Waals surface area contributed by atoms with E-state index >= 15 is 0 Å². The van der Waals surface area contributed by atoms with Crippen molar-refractivity contribution in [2.75, 3.05) is 6.26 Å². The maximum atomic E-state index is 13.0. The van der Waals surface area contributed by atoms with Crippen LogP contribution in [0.4, 0.5) is 13.2 Å². The molecule has 0 radical (unpaired) electrons. The molecule has 0 N–H and O–H groups in total. The molecule has 2 aromatic heterocycles. The summed E-state index contributed by atoms with van der Waals surface area (Å²) in [6.45, 7) is -1.64. The van der Waals surface area contributed by atoms with Crippen LogP contribution in [-0.2, 0) is 16.4 Å². The molecule has 27 heavy (non-hydrogen) atoms. The van der Waals surface area contributed by atoms with Crippen molar-refractivity contribution in [1.29, 1.82) is 0 Å². The number of hydrogen-bond donors (Lipinski definition) is 0.